The fourth-order valence-corrected chi connectivity index (χ4v) is 2.12. The normalized spacial score (nSPS) is 10.7. The van der Waals surface area contributed by atoms with E-state index in [1.54, 1.807) is 16.6 Å². The van der Waals surface area contributed by atoms with Gasteiger partial charge in [0.2, 0.25) is 5.91 Å². The zero-order valence-electron chi connectivity index (χ0n) is 11.3. The van der Waals surface area contributed by atoms with Crippen molar-refractivity contribution in [2.45, 2.75) is 13.0 Å². The first-order valence-electron chi connectivity index (χ1n) is 6.65. The van der Waals surface area contributed by atoms with E-state index in [9.17, 15) is 9.18 Å². The second kappa shape index (κ2) is 5.75. The molecule has 0 saturated heterocycles. The van der Waals surface area contributed by atoms with Gasteiger partial charge < -0.3 is 5.32 Å². The van der Waals surface area contributed by atoms with E-state index in [0.717, 1.165) is 16.8 Å². The van der Waals surface area contributed by atoms with Gasteiger partial charge in [0.1, 0.15) is 5.82 Å². The van der Waals surface area contributed by atoms with Crippen molar-refractivity contribution < 1.29 is 9.18 Å². The van der Waals surface area contributed by atoms with Crippen LogP contribution in [0.5, 0.6) is 0 Å². The average Bonchev–Trinajstić information content (AvgIpc) is 2.90. The van der Waals surface area contributed by atoms with Gasteiger partial charge in [-0.15, -0.1) is 0 Å². The Morgan fingerprint density at radius 2 is 2.00 bits per heavy atom. The first-order chi connectivity index (χ1) is 10.2. The number of nitrogens with one attached hydrogen (secondary N) is 1. The molecule has 0 atom stereocenters. The number of carbonyl (C=O) groups excluding carboxylic acids is 1. The number of hydrogen-bond acceptors (Lipinski definition) is 2. The SMILES string of the molecule is O=C(Cc1ccc(F)cc1)NCc1cc2ccccn2n1. The monoisotopic (exact) mass is 283 g/mol. The van der Waals surface area contributed by atoms with Gasteiger partial charge in [0.15, 0.2) is 0 Å². The van der Waals surface area contributed by atoms with Crippen molar-refractivity contribution in [2.24, 2.45) is 0 Å². The number of fused-ring (bicyclic) bond motifs is 1. The molecule has 1 N–H and O–H groups in total. The quantitative estimate of drug-likeness (QED) is 0.799. The second-order valence-corrected chi connectivity index (χ2v) is 4.79. The highest BCUT2D eigenvalue weighted by Gasteiger charge is 2.06. The highest BCUT2D eigenvalue weighted by molar-refractivity contribution is 5.78. The maximum atomic E-state index is 12.8. The van der Waals surface area contributed by atoms with Crippen LogP contribution in [-0.4, -0.2) is 15.5 Å². The van der Waals surface area contributed by atoms with Crippen LogP contribution >= 0.6 is 0 Å². The molecule has 0 spiro atoms. The molecule has 21 heavy (non-hydrogen) atoms. The summed E-state index contributed by atoms with van der Waals surface area (Å²) in [6.45, 7) is 0.377. The number of pyridine rings is 1. The van der Waals surface area contributed by atoms with Gasteiger partial charge in [0, 0.05) is 6.20 Å². The standard InChI is InChI=1S/C16H14FN3O/c17-13-6-4-12(5-7-13)9-16(21)18-11-14-10-15-3-1-2-8-20(15)19-14/h1-8,10H,9,11H2,(H,18,21). The molecule has 4 nitrogen and oxygen atoms in total. The molecule has 3 rings (SSSR count). The first kappa shape index (κ1) is 13.3. The van der Waals surface area contributed by atoms with Crippen LogP contribution in [0.4, 0.5) is 4.39 Å². The molecule has 1 amide bonds. The predicted octanol–water partition coefficient (Wildman–Crippen LogP) is 2.33. The van der Waals surface area contributed by atoms with Crippen molar-refractivity contribution in [3.63, 3.8) is 0 Å². The summed E-state index contributed by atoms with van der Waals surface area (Å²) in [7, 11) is 0. The van der Waals surface area contributed by atoms with Crippen molar-refractivity contribution in [3.05, 3.63) is 71.8 Å². The summed E-state index contributed by atoms with van der Waals surface area (Å²) >= 11 is 0. The molecule has 0 bridgehead atoms. The van der Waals surface area contributed by atoms with E-state index in [-0.39, 0.29) is 18.1 Å². The van der Waals surface area contributed by atoms with Crippen LogP contribution in [0, 0.1) is 5.82 Å². The molecule has 0 fully saturated rings. The molecule has 0 radical (unpaired) electrons. The molecule has 5 heteroatoms. The molecule has 3 aromatic rings. The van der Waals surface area contributed by atoms with E-state index >= 15 is 0 Å². The topological polar surface area (TPSA) is 46.4 Å². The Kier molecular flexibility index (Phi) is 3.64. The molecule has 0 unspecified atom stereocenters. The van der Waals surface area contributed by atoms with E-state index < -0.39 is 0 Å². The maximum Gasteiger partial charge on any atom is 0.224 e. The maximum absolute atomic E-state index is 12.8. The molecule has 0 aliphatic carbocycles. The summed E-state index contributed by atoms with van der Waals surface area (Å²) in [5.41, 5.74) is 2.57. The zero-order valence-corrected chi connectivity index (χ0v) is 11.3. The molecular weight excluding hydrogens is 269 g/mol. The van der Waals surface area contributed by atoms with Gasteiger partial charge in [0.25, 0.3) is 0 Å². The van der Waals surface area contributed by atoms with Crippen LogP contribution in [0.25, 0.3) is 5.52 Å². The molecule has 106 valence electrons. The molecule has 2 aromatic heterocycles. The van der Waals surface area contributed by atoms with Gasteiger partial charge >= 0.3 is 0 Å². The molecule has 1 aromatic carbocycles. The number of benzene rings is 1. The van der Waals surface area contributed by atoms with Crippen molar-refractivity contribution in [2.75, 3.05) is 0 Å². The lowest BCUT2D eigenvalue weighted by Gasteiger charge is -2.03. The number of aromatic nitrogens is 2. The Balaban J connectivity index is 1.59. The van der Waals surface area contributed by atoms with Gasteiger partial charge in [-0.2, -0.15) is 5.10 Å². The lowest BCUT2D eigenvalue weighted by molar-refractivity contribution is -0.120. The van der Waals surface area contributed by atoms with E-state index in [1.807, 2.05) is 30.5 Å². The third kappa shape index (κ3) is 3.25. The minimum atomic E-state index is -0.302. The van der Waals surface area contributed by atoms with E-state index in [2.05, 4.69) is 10.4 Å². The lowest BCUT2D eigenvalue weighted by atomic mass is 10.1. The first-order valence-corrected chi connectivity index (χ1v) is 6.65. The number of carbonyl (C=O) groups is 1. The summed E-state index contributed by atoms with van der Waals surface area (Å²) in [6.07, 6.45) is 2.09. The van der Waals surface area contributed by atoms with Gasteiger partial charge in [-0.25, -0.2) is 8.91 Å². The van der Waals surface area contributed by atoms with Gasteiger partial charge in [-0.3, -0.25) is 4.79 Å². The van der Waals surface area contributed by atoms with Crippen molar-refractivity contribution >= 4 is 11.4 Å². The minimum Gasteiger partial charge on any atom is -0.350 e. The summed E-state index contributed by atoms with van der Waals surface area (Å²) in [5, 5.41) is 7.17. The highest BCUT2D eigenvalue weighted by Crippen LogP contribution is 2.06. The zero-order chi connectivity index (χ0) is 14.7. The smallest absolute Gasteiger partial charge is 0.224 e. The summed E-state index contributed by atoms with van der Waals surface area (Å²) in [4.78, 5) is 11.8. The fourth-order valence-electron chi connectivity index (χ4n) is 2.12. The fraction of sp³-hybridized carbons (Fsp3) is 0.125. The molecule has 0 aliphatic heterocycles. The highest BCUT2D eigenvalue weighted by atomic mass is 19.1. The Bertz CT molecular complexity index is 732. The third-order valence-electron chi connectivity index (χ3n) is 3.17. The number of nitrogens with zero attached hydrogens (tertiary/aromatic N) is 2. The van der Waals surface area contributed by atoms with E-state index in [0.29, 0.717) is 6.54 Å². The van der Waals surface area contributed by atoms with Crippen LogP contribution in [0.3, 0.4) is 0 Å². The minimum absolute atomic E-state index is 0.112. The predicted molar refractivity (Wildman–Crippen MR) is 77.1 cm³/mol. The van der Waals surface area contributed by atoms with Gasteiger partial charge in [-0.05, 0) is 35.9 Å². The Morgan fingerprint density at radius 1 is 1.19 bits per heavy atom. The number of amides is 1. The summed E-state index contributed by atoms with van der Waals surface area (Å²) in [6, 6.07) is 13.6. The number of halogens is 1. The molecule has 2 heterocycles. The van der Waals surface area contributed by atoms with Gasteiger partial charge in [-0.1, -0.05) is 18.2 Å². The van der Waals surface area contributed by atoms with Gasteiger partial charge in [0.05, 0.1) is 24.2 Å². The van der Waals surface area contributed by atoms with Crippen LogP contribution in [0.2, 0.25) is 0 Å². The van der Waals surface area contributed by atoms with Crippen LogP contribution in [0.15, 0.2) is 54.7 Å². The van der Waals surface area contributed by atoms with Crippen molar-refractivity contribution in [3.8, 4) is 0 Å². The molecule has 0 aliphatic rings. The van der Waals surface area contributed by atoms with Crippen LogP contribution < -0.4 is 5.32 Å². The van der Waals surface area contributed by atoms with E-state index in [4.69, 9.17) is 0 Å². The summed E-state index contributed by atoms with van der Waals surface area (Å²) < 4.78 is 14.5. The average molecular weight is 283 g/mol. The number of hydrogen-bond donors (Lipinski definition) is 1. The number of rotatable bonds is 4. The Labute approximate surface area is 121 Å². The van der Waals surface area contributed by atoms with Crippen molar-refractivity contribution in [1.29, 1.82) is 0 Å². The van der Waals surface area contributed by atoms with E-state index in [1.165, 1.54) is 12.1 Å². The Morgan fingerprint density at radius 3 is 2.76 bits per heavy atom. The molecule has 0 saturated carbocycles. The largest absolute Gasteiger partial charge is 0.350 e. The van der Waals surface area contributed by atoms with Crippen molar-refractivity contribution in [1.82, 2.24) is 14.9 Å². The lowest BCUT2D eigenvalue weighted by Crippen LogP contribution is -2.24. The summed E-state index contributed by atoms with van der Waals surface area (Å²) in [5.74, 6) is -0.414. The molecular formula is C16H14FN3O. The Hall–Kier alpha value is -2.69. The third-order valence-corrected chi connectivity index (χ3v) is 3.17. The van der Waals surface area contributed by atoms with Crippen LogP contribution in [0.1, 0.15) is 11.3 Å². The van der Waals surface area contributed by atoms with Crippen LogP contribution in [-0.2, 0) is 17.8 Å². The second-order valence-electron chi connectivity index (χ2n) is 4.79.